The summed E-state index contributed by atoms with van der Waals surface area (Å²) in [5.74, 6) is 0.191. The largest absolute Gasteiger partial charge is 0.336 e. The summed E-state index contributed by atoms with van der Waals surface area (Å²) < 4.78 is 0. The van der Waals surface area contributed by atoms with Gasteiger partial charge in [0.2, 0.25) is 5.91 Å². The van der Waals surface area contributed by atoms with Crippen molar-refractivity contribution in [1.29, 1.82) is 0 Å². The maximum Gasteiger partial charge on any atom is 0.324 e. The molecule has 0 spiro atoms. The number of hydrogen-bond donors (Lipinski definition) is 2. The van der Waals surface area contributed by atoms with Crippen molar-refractivity contribution in [3.05, 3.63) is 0 Å². The SMILES string of the molecule is CC(CN)SCC(=O)N1CCNC1=O. The number of carbonyl (C=O) groups is 2. The molecule has 5 nitrogen and oxygen atoms in total. The number of thioether (sulfide) groups is 1. The van der Waals surface area contributed by atoms with E-state index in [1.807, 2.05) is 6.92 Å². The summed E-state index contributed by atoms with van der Waals surface area (Å²) in [5.41, 5.74) is 5.41. The van der Waals surface area contributed by atoms with E-state index in [1.165, 1.54) is 16.7 Å². The highest BCUT2D eigenvalue weighted by molar-refractivity contribution is 8.00. The van der Waals surface area contributed by atoms with Gasteiger partial charge < -0.3 is 11.1 Å². The predicted octanol–water partition coefficient (Wildman–Crippen LogP) is -0.381. The number of hydrogen-bond acceptors (Lipinski definition) is 4. The molecule has 3 N–H and O–H groups in total. The third-order valence-corrected chi connectivity index (χ3v) is 3.16. The lowest BCUT2D eigenvalue weighted by Gasteiger charge is -2.13. The number of imide groups is 1. The molecule has 0 aromatic heterocycles. The molecule has 80 valence electrons. The van der Waals surface area contributed by atoms with Crippen LogP contribution in [0.3, 0.4) is 0 Å². The highest BCUT2D eigenvalue weighted by atomic mass is 32.2. The van der Waals surface area contributed by atoms with Crippen molar-refractivity contribution in [2.75, 3.05) is 25.4 Å². The summed E-state index contributed by atoms with van der Waals surface area (Å²) >= 11 is 1.48. The van der Waals surface area contributed by atoms with E-state index in [4.69, 9.17) is 5.73 Å². The van der Waals surface area contributed by atoms with Gasteiger partial charge in [-0.1, -0.05) is 6.92 Å². The Labute approximate surface area is 87.4 Å². The van der Waals surface area contributed by atoms with Crippen molar-refractivity contribution < 1.29 is 9.59 Å². The second-order valence-electron chi connectivity index (χ2n) is 3.13. The monoisotopic (exact) mass is 217 g/mol. The van der Waals surface area contributed by atoms with Gasteiger partial charge in [0.15, 0.2) is 0 Å². The number of nitrogens with two attached hydrogens (primary N) is 1. The van der Waals surface area contributed by atoms with Crippen LogP contribution in [0.1, 0.15) is 6.92 Å². The van der Waals surface area contributed by atoms with Crippen molar-refractivity contribution in [3.63, 3.8) is 0 Å². The molecular formula is C8H15N3O2S. The summed E-state index contributed by atoms with van der Waals surface area (Å²) in [6, 6.07) is -0.281. The molecule has 1 aliphatic rings. The van der Waals surface area contributed by atoms with Crippen molar-refractivity contribution in [3.8, 4) is 0 Å². The Kier molecular flexibility index (Phi) is 4.21. The van der Waals surface area contributed by atoms with Crippen LogP contribution < -0.4 is 11.1 Å². The van der Waals surface area contributed by atoms with Gasteiger partial charge in [-0.25, -0.2) is 4.79 Å². The molecule has 0 bridgehead atoms. The van der Waals surface area contributed by atoms with Crippen LogP contribution in [0.15, 0.2) is 0 Å². The van der Waals surface area contributed by atoms with E-state index in [9.17, 15) is 9.59 Å². The summed E-state index contributed by atoms with van der Waals surface area (Å²) in [7, 11) is 0. The lowest BCUT2D eigenvalue weighted by molar-refractivity contribution is -0.124. The van der Waals surface area contributed by atoms with Gasteiger partial charge in [-0.3, -0.25) is 9.69 Å². The number of urea groups is 1. The van der Waals surface area contributed by atoms with Gasteiger partial charge in [0.05, 0.1) is 5.75 Å². The van der Waals surface area contributed by atoms with Crippen LogP contribution in [0, 0.1) is 0 Å². The summed E-state index contributed by atoms with van der Waals surface area (Å²) in [6.07, 6.45) is 0. The highest BCUT2D eigenvalue weighted by Gasteiger charge is 2.25. The molecule has 1 saturated heterocycles. The predicted molar refractivity (Wildman–Crippen MR) is 56.1 cm³/mol. The van der Waals surface area contributed by atoms with E-state index in [0.29, 0.717) is 25.4 Å². The van der Waals surface area contributed by atoms with Crippen LogP contribution in [0.4, 0.5) is 4.79 Å². The van der Waals surface area contributed by atoms with Gasteiger partial charge in [-0.05, 0) is 0 Å². The number of rotatable bonds is 4. The second-order valence-corrected chi connectivity index (χ2v) is 4.56. The molecule has 0 aliphatic carbocycles. The Morgan fingerprint density at radius 1 is 1.79 bits per heavy atom. The Morgan fingerprint density at radius 2 is 2.50 bits per heavy atom. The lowest BCUT2D eigenvalue weighted by Crippen LogP contribution is -2.35. The van der Waals surface area contributed by atoms with Crippen molar-refractivity contribution in [2.45, 2.75) is 12.2 Å². The molecular weight excluding hydrogens is 202 g/mol. The van der Waals surface area contributed by atoms with E-state index < -0.39 is 0 Å². The number of nitrogens with one attached hydrogen (secondary N) is 1. The molecule has 3 amide bonds. The third kappa shape index (κ3) is 2.88. The van der Waals surface area contributed by atoms with Crippen molar-refractivity contribution in [2.24, 2.45) is 5.73 Å². The normalized spacial score (nSPS) is 18.1. The van der Waals surface area contributed by atoms with Crippen LogP contribution in [0.5, 0.6) is 0 Å². The van der Waals surface area contributed by atoms with Crippen molar-refractivity contribution in [1.82, 2.24) is 10.2 Å². The van der Waals surface area contributed by atoms with Crippen molar-refractivity contribution >= 4 is 23.7 Å². The quantitative estimate of drug-likeness (QED) is 0.673. The van der Waals surface area contributed by atoms with Gasteiger partial charge in [0.25, 0.3) is 0 Å². The topological polar surface area (TPSA) is 75.4 Å². The smallest absolute Gasteiger partial charge is 0.324 e. The second kappa shape index (κ2) is 5.21. The molecule has 6 heteroatoms. The zero-order valence-corrected chi connectivity index (χ0v) is 8.97. The zero-order chi connectivity index (χ0) is 10.6. The summed E-state index contributed by atoms with van der Waals surface area (Å²) in [6.45, 7) is 3.54. The van der Waals surface area contributed by atoms with Gasteiger partial charge >= 0.3 is 6.03 Å². The van der Waals surface area contributed by atoms with E-state index in [-0.39, 0.29) is 17.2 Å². The van der Waals surface area contributed by atoms with E-state index >= 15 is 0 Å². The molecule has 0 saturated carbocycles. The van der Waals surface area contributed by atoms with Crippen LogP contribution in [-0.2, 0) is 4.79 Å². The van der Waals surface area contributed by atoms with Gasteiger partial charge in [-0.2, -0.15) is 0 Å². The fraction of sp³-hybridized carbons (Fsp3) is 0.750. The minimum atomic E-state index is -0.281. The fourth-order valence-corrected chi connectivity index (χ4v) is 1.79. The number of carbonyl (C=O) groups excluding carboxylic acids is 2. The van der Waals surface area contributed by atoms with Gasteiger partial charge in [0.1, 0.15) is 0 Å². The molecule has 14 heavy (non-hydrogen) atoms. The molecule has 1 rings (SSSR count). The van der Waals surface area contributed by atoms with Crippen LogP contribution in [0.2, 0.25) is 0 Å². The first-order valence-corrected chi connectivity index (χ1v) is 5.60. The maximum atomic E-state index is 11.5. The first kappa shape index (κ1) is 11.3. The zero-order valence-electron chi connectivity index (χ0n) is 8.16. The molecule has 0 aromatic carbocycles. The lowest BCUT2D eigenvalue weighted by atomic mass is 10.5. The Bertz CT molecular complexity index is 235. The molecule has 1 heterocycles. The number of nitrogens with zero attached hydrogens (tertiary/aromatic N) is 1. The Morgan fingerprint density at radius 3 is 3.00 bits per heavy atom. The highest BCUT2D eigenvalue weighted by Crippen LogP contribution is 2.10. The molecule has 0 radical (unpaired) electrons. The van der Waals surface area contributed by atoms with Gasteiger partial charge in [-0.15, -0.1) is 11.8 Å². The Balaban J connectivity index is 2.31. The fourth-order valence-electron chi connectivity index (χ4n) is 1.07. The van der Waals surface area contributed by atoms with E-state index in [1.54, 1.807) is 0 Å². The van der Waals surface area contributed by atoms with Crippen LogP contribution in [0.25, 0.3) is 0 Å². The minimum absolute atomic E-state index is 0.134. The third-order valence-electron chi connectivity index (χ3n) is 1.98. The average Bonchev–Trinajstić information content (AvgIpc) is 2.60. The standard InChI is InChI=1S/C8H15N3O2S/c1-6(4-9)14-5-7(12)11-3-2-10-8(11)13/h6H,2-5,9H2,1H3,(H,10,13). The molecule has 1 atom stereocenters. The first-order chi connectivity index (χ1) is 6.65. The molecule has 0 aromatic rings. The molecule has 1 unspecified atom stereocenters. The summed E-state index contributed by atoms with van der Waals surface area (Å²) in [5, 5.41) is 2.84. The first-order valence-electron chi connectivity index (χ1n) is 4.55. The van der Waals surface area contributed by atoms with Crippen LogP contribution in [-0.4, -0.2) is 47.5 Å². The summed E-state index contributed by atoms with van der Waals surface area (Å²) in [4.78, 5) is 23.8. The minimum Gasteiger partial charge on any atom is -0.336 e. The number of amides is 3. The average molecular weight is 217 g/mol. The molecule has 1 fully saturated rings. The van der Waals surface area contributed by atoms with E-state index in [2.05, 4.69) is 5.32 Å². The van der Waals surface area contributed by atoms with Gasteiger partial charge in [0, 0.05) is 24.9 Å². The van der Waals surface area contributed by atoms with E-state index in [0.717, 1.165) is 0 Å². The van der Waals surface area contributed by atoms with Crippen LogP contribution >= 0.6 is 11.8 Å². The molecule has 1 aliphatic heterocycles. The Hall–Kier alpha value is -0.750. The maximum absolute atomic E-state index is 11.5.